The van der Waals surface area contributed by atoms with E-state index in [9.17, 15) is 13.2 Å². The zero-order chi connectivity index (χ0) is 16.4. The Morgan fingerprint density at radius 3 is 2.50 bits per heavy atom. The average molecular weight is 322 g/mol. The van der Waals surface area contributed by atoms with Crippen LogP contribution in [-0.4, -0.2) is 36.3 Å². The van der Waals surface area contributed by atoms with Gasteiger partial charge in [-0.2, -0.15) is 0 Å². The van der Waals surface area contributed by atoms with Gasteiger partial charge in [-0.15, -0.1) is 0 Å². The van der Waals surface area contributed by atoms with Crippen molar-refractivity contribution >= 4 is 21.3 Å². The van der Waals surface area contributed by atoms with Crippen LogP contribution in [0.4, 0.5) is 0 Å². The molecule has 0 aromatic carbocycles. The smallest absolute Gasteiger partial charge is 0.252 e. The molecule has 0 aliphatic carbocycles. The van der Waals surface area contributed by atoms with Crippen molar-refractivity contribution in [2.24, 2.45) is 0 Å². The van der Waals surface area contributed by atoms with Gasteiger partial charge < -0.3 is 9.72 Å². The summed E-state index contributed by atoms with van der Waals surface area (Å²) in [5.41, 5.74) is 1.45. The Hall–Kier alpha value is -1.82. The molecule has 2 heterocycles. The maximum Gasteiger partial charge on any atom is 0.252 e. The van der Waals surface area contributed by atoms with E-state index in [4.69, 9.17) is 0 Å². The van der Waals surface area contributed by atoms with E-state index in [1.807, 2.05) is 42.6 Å². The highest BCUT2D eigenvalue weighted by atomic mass is 32.2. The fourth-order valence-electron chi connectivity index (χ4n) is 2.68. The van der Waals surface area contributed by atoms with Gasteiger partial charge in [-0.3, -0.25) is 4.79 Å². The lowest BCUT2D eigenvalue weighted by molar-refractivity contribution is 0.0948. The van der Waals surface area contributed by atoms with E-state index in [-0.39, 0.29) is 12.5 Å². The topological polar surface area (TPSA) is 67.7 Å². The summed E-state index contributed by atoms with van der Waals surface area (Å²) < 4.78 is 25.1. The third-order valence-electron chi connectivity index (χ3n) is 4.41. The van der Waals surface area contributed by atoms with E-state index in [1.165, 1.54) is 6.26 Å². The number of hydrogen-bond acceptors (Lipinski definition) is 3. The molecule has 0 saturated heterocycles. The van der Waals surface area contributed by atoms with Crippen LogP contribution < -0.4 is 5.32 Å². The molecule has 0 aliphatic heterocycles. The van der Waals surface area contributed by atoms with Crippen molar-refractivity contribution in [2.45, 2.75) is 31.4 Å². The molecular weight excluding hydrogens is 300 g/mol. The van der Waals surface area contributed by atoms with Crippen LogP contribution >= 0.6 is 0 Å². The van der Waals surface area contributed by atoms with Gasteiger partial charge in [0.2, 0.25) is 0 Å². The van der Waals surface area contributed by atoms with Gasteiger partial charge in [-0.25, -0.2) is 8.42 Å². The zero-order valence-electron chi connectivity index (χ0n) is 13.2. The normalized spacial score (nSPS) is 12.5. The number of aromatic nitrogens is 1. The van der Waals surface area contributed by atoms with Crippen molar-refractivity contribution in [3.63, 3.8) is 0 Å². The summed E-state index contributed by atoms with van der Waals surface area (Å²) in [6.45, 7) is 3.80. The summed E-state index contributed by atoms with van der Waals surface area (Å²) in [7, 11) is -3.25. The summed E-state index contributed by atoms with van der Waals surface area (Å²) >= 11 is 0. The van der Waals surface area contributed by atoms with Gasteiger partial charge in [0.15, 0.2) is 9.84 Å². The van der Waals surface area contributed by atoms with E-state index < -0.39 is 14.6 Å². The predicted molar refractivity (Wildman–Crippen MR) is 87.9 cm³/mol. The first-order valence-electron chi connectivity index (χ1n) is 7.37. The van der Waals surface area contributed by atoms with E-state index in [2.05, 4.69) is 5.32 Å². The lowest BCUT2D eigenvalue weighted by atomic mass is 10.0. The molecule has 1 N–H and O–H groups in total. The third-order valence-corrected chi connectivity index (χ3v) is 6.71. The number of carbonyl (C=O) groups is 1. The van der Waals surface area contributed by atoms with Gasteiger partial charge in [-0.05, 0) is 31.0 Å². The summed E-state index contributed by atoms with van der Waals surface area (Å²) in [6.07, 6.45) is 5.79. The first-order chi connectivity index (χ1) is 10.3. The largest absolute Gasteiger partial charge is 0.350 e. The van der Waals surface area contributed by atoms with Gasteiger partial charge in [0.25, 0.3) is 5.91 Å². The van der Waals surface area contributed by atoms with E-state index in [0.29, 0.717) is 18.4 Å². The molecule has 0 unspecified atom stereocenters. The van der Waals surface area contributed by atoms with Crippen molar-refractivity contribution in [2.75, 3.05) is 12.8 Å². The molecule has 0 saturated carbocycles. The number of nitrogens with one attached hydrogen (secondary N) is 1. The lowest BCUT2D eigenvalue weighted by Crippen LogP contribution is -2.47. The minimum atomic E-state index is -3.25. The molecule has 1 amide bonds. The van der Waals surface area contributed by atoms with Gasteiger partial charge in [0.1, 0.15) is 0 Å². The minimum absolute atomic E-state index is 0.129. The second-order valence-electron chi connectivity index (χ2n) is 5.61. The number of pyridine rings is 1. The Bertz CT molecular complexity index is 741. The number of sulfone groups is 1. The van der Waals surface area contributed by atoms with E-state index >= 15 is 0 Å². The second kappa shape index (κ2) is 6.12. The Labute approximate surface area is 131 Å². The fourth-order valence-corrected chi connectivity index (χ4v) is 4.06. The molecule has 0 spiro atoms. The number of nitrogens with zero attached hydrogens (tertiary/aromatic N) is 1. The third kappa shape index (κ3) is 3.02. The Morgan fingerprint density at radius 2 is 1.95 bits per heavy atom. The number of amides is 1. The van der Waals surface area contributed by atoms with Crippen molar-refractivity contribution in [3.05, 3.63) is 42.2 Å². The molecule has 0 radical (unpaired) electrons. The van der Waals surface area contributed by atoms with Crippen molar-refractivity contribution in [1.29, 1.82) is 0 Å². The van der Waals surface area contributed by atoms with Crippen molar-refractivity contribution < 1.29 is 13.2 Å². The van der Waals surface area contributed by atoms with Gasteiger partial charge in [0.05, 0.1) is 10.3 Å². The van der Waals surface area contributed by atoms with Crippen molar-refractivity contribution in [1.82, 2.24) is 9.72 Å². The average Bonchev–Trinajstić information content (AvgIpc) is 2.91. The Morgan fingerprint density at radius 1 is 1.27 bits per heavy atom. The standard InChI is InChI=1S/C16H22N2O3S/c1-4-16(5-2,22(3,20)21)12-17-15(19)13-10-14-8-6-7-9-18(14)11-13/h6-11H,4-5,12H2,1-3H3,(H,17,19). The van der Waals surface area contributed by atoms with Crippen LogP contribution in [0.25, 0.3) is 5.52 Å². The molecule has 2 aromatic rings. The first kappa shape index (κ1) is 16.5. The highest BCUT2D eigenvalue weighted by Crippen LogP contribution is 2.24. The van der Waals surface area contributed by atoms with Crippen LogP contribution in [-0.2, 0) is 9.84 Å². The van der Waals surface area contributed by atoms with Gasteiger partial charge in [-0.1, -0.05) is 19.9 Å². The number of fused-ring (bicyclic) bond motifs is 1. The molecule has 0 bridgehead atoms. The van der Waals surface area contributed by atoms with Crippen LogP contribution in [0.15, 0.2) is 36.7 Å². The fraction of sp³-hybridized carbons (Fsp3) is 0.438. The highest BCUT2D eigenvalue weighted by Gasteiger charge is 2.37. The quantitative estimate of drug-likeness (QED) is 0.887. The summed E-state index contributed by atoms with van der Waals surface area (Å²) in [4.78, 5) is 12.3. The Kier molecular flexibility index (Phi) is 4.60. The molecule has 120 valence electrons. The maximum absolute atomic E-state index is 12.3. The summed E-state index contributed by atoms with van der Waals surface area (Å²) in [6, 6.07) is 7.49. The maximum atomic E-state index is 12.3. The summed E-state index contributed by atoms with van der Waals surface area (Å²) in [5, 5.41) is 2.78. The highest BCUT2D eigenvalue weighted by molar-refractivity contribution is 7.92. The van der Waals surface area contributed by atoms with Crippen LogP contribution in [0.1, 0.15) is 37.0 Å². The molecule has 6 heteroatoms. The molecule has 0 fully saturated rings. The van der Waals surface area contributed by atoms with Gasteiger partial charge in [0, 0.05) is 30.7 Å². The van der Waals surface area contributed by atoms with Crippen LogP contribution in [0.5, 0.6) is 0 Å². The zero-order valence-corrected chi connectivity index (χ0v) is 14.0. The molecular formula is C16H22N2O3S. The molecule has 0 aliphatic rings. The number of rotatable bonds is 6. The molecule has 22 heavy (non-hydrogen) atoms. The Balaban J connectivity index is 2.18. The van der Waals surface area contributed by atoms with E-state index in [0.717, 1.165) is 5.52 Å². The predicted octanol–water partition coefficient (Wildman–Crippen LogP) is 2.27. The molecule has 2 rings (SSSR count). The lowest BCUT2D eigenvalue weighted by Gasteiger charge is -2.29. The van der Waals surface area contributed by atoms with Crippen LogP contribution in [0.2, 0.25) is 0 Å². The number of hydrogen-bond donors (Lipinski definition) is 1. The minimum Gasteiger partial charge on any atom is -0.350 e. The summed E-state index contributed by atoms with van der Waals surface area (Å²) in [5.74, 6) is -0.251. The van der Waals surface area contributed by atoms with Gasteiger partial charge >= 0.3 is 0 Å². The molecule has 2 aromatic heterocycles. The first-order valence-corrected chi connectivity index (χ1v) is 9.26. The monoisotopic (exact) mass is 322 g/mol. The number of carbonyl (C=O) groups excluding carboxylic acids is 1. The second-order valence-corrected chi connectivity index (χ2v) is 8.02. The van der Waals surface area contributed by atoms with E-state index in [1.54, 1.807) is 12.3 Å². The SMILES string of the molecule is CCC(CC)(CNC(=O)c1cc2ccccn2c1)S(C)(=O)=O. The van der Waals surface area contributed by atoms with Crippen LogP contribution in [0, 0.1) is 0 Å². The molecule has 0 atom stereocenters. The molecule has 5 nitrogen and oxygen atoms in total. The van der Waals surface area contributed by atoms with Crippen molar-refractivity contribution in [3.8, 4) is 0 Å². The van der Waals surface area contributed by atoms with Crippen LogP contribution in [0.3, 0.4) is 0 Å².